The Hall–Kier alpha value is -4.67. The van der Waals surface area contributed by atoms with E-state index in [0.717, 1.165) is 32.4 Å². The summed E-state index contributed by atoms with van der Waals surface area (Å²) in [6.45, 7) is 3.97. The summed E-state index contributed by atoms with van der Waals surface area (Å²) < 4.78 is 17.9. The average Bonchev–Trinajstić information content (AvgIpc) is 2.82. The average molecular weight is 479 g/mol. The lowest BCUT2D eigenvalue weighted by molar-refractivity contribution is -0.385. The van der Waals surface area contributed by atoms with E-state index in [-0.39, 0.29) is 11.1 Å². The van der Waals surface area contributed by atoms with Gasteiger partial charge in [-0.15, -0.1) is 0 Å². The van der Waals surface area contributed by atoms with Crippen LogP contribution in [-0.2, 0) is 28.6 Å². The van der Waals surface area contributed by atoms with Crippen LogP contribution >= 0.6 is 0 Å². The summed E-state index contributed by atoms with van der Waals surface area (Å²) in [6.07, 6.45) is -2.89. The van der Waals surface area contributed by atoms with Gasteiger partial charge in [0.15, 0.2) is 5.75 Å². The van der Waals surface area contributed by atoms with Gasteiger partial charge in [-0.25, -0.2) is 14.4 Å². The van der Waals surface area contributed by atoms with Gasteiger partial charge in [0.05, 0.1) is 19.1 Å². The van der Waals surface area contributed by atoms with Crippen molar-refractivity contribution in [3.05, 3.63) is 33.4 Å². The summed E-state index contributed by atoms with van der Waals surface area (Å²) >= 11 is 0. The van der Waals surface area contributed by atoms with Gasteiger partial charge in [-0.2, -0.15) is 5.26 Å². The van der Waals surface area contributed by atoms with E-state index in [1.54, 1.807) is 19.9 Å². The monoisotopic (exact) mass is 479 g/mol. The molecular weight excluding hydrogens is 458 g/mol. The Labute approximate surface area is 193 Å². The summed E-state index contributed by atoms with van der Waals surface area (Å²) in [4.78, 5) is 59.4. The Balaban J connectivity index is 3.41. The quantitative estimate of drug-likeness (QED) is 0.0780. The van der Waals surface area contributed by atoms with Gasteiger partial charge in [-0.3, -0.25) is 14.9 Å². The maximum atomic E-state index is 12.5. The molecule has 14 nitrogen and oxygen atoms in total. The van der Waals surface area contributed by atoms with Crippen molar-refractivity contribution in [2.45, 2.75) is 20.0 Å². The molecule has 182 valence electrons. The summed E-state index contributed by atoms with van der Waals surface area (Å²) in [5.41, 5.74) is -1.46. The number of carbonyl (C=O) groups is 4. The molecule has 0 aliphatic heterocycles. The number of hydrogen-bond donors (Lipinski definition) is 1. The fourth-order valence-electron chi connectivity index (χ4n) is 2.52. The zero-order valence-electron chi connectivity index (χ0n) is 18.6. The Morgan fingerprint density at radius 3 is 2.18 bits per heavy atom. The number of nitro groups is 1. The number of esters is 2. The molecule has 0 bridgehead atoms. The molecule has 34 heavy (non-hydrogen) atoms. The molecule has 1 aromatic carbocycles. The van der Waals surface area contributed by atoms with Gasteiger partial charge in [-0.05, 0) is 31.6 Å². The van der Waals surface area contributed by atoms with Crippen LogP contribution in [0.5, 0.6) is 11.5 Å². The van der Waals surface area contributed by atoms with Crippen molar-refractivity contribution in [2.24, 2.45) is 0 Å². The second-order valence-corrected chi connectivity index (χ2v) is 6.19. The van der Waals surface area contributed by atoms with Gasteiger partial charge in [0.1, 0.15) is 11.6 Å². The summed E-state index contributed by atoms with van der Waals surface area (Å²) in [5.74, 6) is -5.16. The zero-order valence-corrected chi connectivity index (χ0v) is 18.6. The van der Waals surface area contributed by atoms with Gasteiger partial charge in [0.25, 0.3) is 12.0 Å². The third kappa shape index (κ3) is 6.66. The number of amides is 1. The number of benzene rings is 1. The van der Waals surface area contributed by atoms with Crippen LogP contribution in [0, 0.1) is 21.4 Å². The number of phenols is 1. The van der Waals surface area contributed by atoms with Crippen molar-refractivity contribution in [1.29, 1.82) is 5.26 Å². The minimum Gasteiger partial charge on any atom is -0.499 e. The second-order valence-electron chi connectivity index (χ2n) is 6.19. The topological polar surface area (TPSA) is 196 Å². The largest absolute Gasteiger partial charge is 0.515 e. The Morgan fingerprint density at radius 1 is 1.18 bits per heavy atom. The van der Waals surface area contributed by atoms with E-state index < -0.39 is 52.2 Å². The highest BCUT2D eigenvalue weighted by Gasteiger charge is 2.34. The number of nitrogens with zero attached hydrogens (tertiary/aromatic N) is 3. The fourth-order valence-corrected chi connectivity index (χ4v) is 2.52. The zero-order chi connectivity index (χ0) is 26.0. The van der Waals surface area contributed by atoms with E-state index in [1.807, 2.05) is 0 Å². The minimum absolute atomic E-state index is 0.151. The normalized spacial score (nSPS) is 10.6. The molecule has 0 unspecified atom stereocenters. The molecule has 14 heteroatoms. The second kappa shape index (κ2) is 12.4. The number of ether oxygens (including phenoxy) is 4. The van der Waals surface area contributed by atoms with E-state index in [1.165, 1.54) is 4.90 Å². The number of aromatic hydroxyl groups is 1. The predicted molar refractivity (Wildman–Crippen MR) is 111 cm³/mol. The number of phenolic OH excluding ortho intramolecular Hbond substituents is 1. The molecule has 1 amide bonds. The Morgan fingerprint density at radius 2 is 1.74 bits per heavy atom. The predicted octanol–water partition coefficient (Wildman–Crippen LogP) is 1.31. The van der Waals surface area contributed by atoms with Gasteiger partial charge < -0.3 is 29.0 Å². The Kier molecular flexibility index (Phi) is 9.97. The molecule has 0 atom stereocenters. The lowest BCUT2D eigenvalue weighted by Gasteiger charge is -2.17. The lowest BCUT2D eigenvalue weighted by Crippen LogP contribution is -2.37. The number of hydrogen-bond acceptors (Lipinski definition) is 12. The highest BCUT2D eigenvalue weighted by atomic mass is 16.7. The van der Waals surface area contributed by atoms with Gasteiger partial charge in [0, 0.05) is 19.2 Å². The molecule has 1 aromatic rings. The van der Waals surface area contributed by atoms with Crippen LogP contribution in [0.3, 0.4) is 0 Å². The molecule has 0 fully saturated rings. The highest BCUT2D eigenvalue weighted by molar-refractivity contribution is 6.02. The van der Waals surface area contributed by atoms with Gasteiger partial charge in [0.2, 0.25) is 5.75 Å². The van der Waals surface area contributed by atoms with Crippen molar-refractivity contribution < 1.29 is 48.2 Å². The number of methoxy groups -OCH3 is 2. The maximum Gasteiger partial charge on any atom is 0.515 e. The van der Waals surface area contributed by atoms with E-state index >= 15 is 0 Å². The fraction of sp³-hybridized carbons (Fsp3) is 0.350. The lowest BCUT2D eigenvalue weighted by atomic mass is 10.1. The number of likely N-dealkylation sites (N-methyl/N-ethyl adjacent to an activating group) is 1. The van der Waals surface area contributed by atoms with Gasteiger partial charge >= 0.3 is 23.8 Å². The molecule has 0 heterocycles. The molecule has 0 saturated heterocycles. The summed E-state index contributed by atoms with van der Waals surface area (Å²) in [7, 11) is 1.81. The van der Waals surface area contributed by atoms with Crippen LogP contribution in [0.4, 0.5) is 10.5 Å². The number of nitriles is 1. The molecule has 0 radical (unpaired) electrons. The molecule has 1 N–H and O–H groups in total. The van der Waals surface area contributed by atoms with E-state index in [9.17, 15) is 39.7 Å². The molecule has 0 saturated carbocycles. The third-order valence-electron chi connectivity index (χ3n) is 4.22. The molecule has 0 spiro atoms. The first-order valence-electron chi connectivity index (χ1n) is 9.50. The molecular formula is C20H21N3O11. The van der Waals surface area contributed by atoms with Crippen LogP contribution in [0.15, 0.2) is 17.7 Å². The standard InChI is InChI=1S/C20H21N3O11/c1-5-22(6-2)17(25)12(10-21)7-11-8-13(23(29)30)15(24)14(9-11)33-20(28)34-16(18(26)31-3)19(27)32-4/h7-9,16,24H,5-6H2,1-4H3/b12-7+. The summed E-state index contributed by atoms with van der Waals surface area (Å²) in [5, 5.41) is 30.8. The van der Waals surface area contributed by atoms with Crippen LogP contribution < -0.4 is 4.74 Å². The highest BCUT2D eigenvalue weighted by Crippen LogP contribution is 2.38. The summed E-state index contributed by atoms with van der Waals surface area (Å²) in [6, 6.07) is 3.43. The number of rotatable bonds is 9. The number of nitro benzene ring substituents is 1. The van der Waals surface area contributed by atoms with Crippen molar-refractivity contribution in [3.8, 4) is 17.6 Å². The minimum atomic E-state index is -2.17. The Bertz CT molecular complexity index is 1040. The smallest absolute Gasteiger partial charge is 0.499 e. The SMILES string of the molecule is CCN(CC)C(=O)/C(C#N)=C/c1cc(OC(=O)OC(C(=O)OC)C(=O)OC)c(O)c([N+](=O)[O-])c1. The van der Waals surface area contributed by atoms with E-state index in [2.05, 4.69) is 14.2 Å². The van der Waals surface area contributed by atoms with Crippen LogP contribution in [-0.4, -0.2) is 72.3 Å². The molecule has 0 aliphatic rings. The van der Waals surface area contributed by atoms with Crippen molar-refractivity contribution in [1.82, 2.24) is 4.90 Å². The van der Waals surface area contributed by atoms with E-state index in [0.29, 0.717) is 13.1 Å². The first-order valence-corrected chi connectivity index (χ1v) is 9.50. The van der Waals surface area contributed by atoms with Crippen molar-refractivity contribution in [3.63, 3.8) is 0 Å². The first-order chi connectivity index (χ1) is 16.0. The van der Waals surface area contributed by atoms with Crippen LogP contribution in [0.1, 0.15) is 19.4 Å². The third-order valence-corrected chi connectivity index (χ3v) is 4.22. The molecule has 1 rings (SSSR count). The molecule has 0 aromatic heterocycles. The van der Waals surface area contributed by atoms with Crippen LogP contribution in [0.2, 0.25) is 0 Å². The first kappa shape index (κ1) is 27.4. The maximum absolute atomic E-state index is 12.5. The number of carbonyl (C=O) groups excluding carboxylic acids is 4. The molecule has 0 aliphatic carbocycles. The van der Waals surface area contributed by atoms with Crippen LogP contribution in [0.25, 0.3) is 6.08 Å². The van der Waals surface area contributed by atoms with Crippen molar-refractivity contribution in [2.75, 3.05) is 27.3 Å². The van der Waals surface area contributed by atoms with E-state index in [4.69, 9.17) is 4.74 Å². The van der Waals surface area contributed by atoms with Gasteiger partial charge in [-0.1, -0.05) is 0 Å². The van der Waals surface area contributed by atoms with Crippen molar-refractivity contribution >= 4 is 35.8 Å².